The quantitative estimate of drug-likeness (QED) is 0.704. The maximum Gasteiger partial charge on any atom is 0.0408 e. The Hall–Kier alpha value is -1.18. The molecule has 0 saturated heterocycles. The highest BCUT2D eigenvalue weighted by Gasteiger charge is 2.05. The summed E-state index contributed by atoms with van der Waals surface area (Å²) in [6, 6.07) is 14.4. The van der Waals surface area contributed by atoms with E-state index in [1.54, 1.807) is 0 Å². The summed E-state index contributed by atoms with van der Waals surface area (Å²) in [6.45, 7) is 4.25. The minimum atomic E-state index is 0.770. The summed E-state index contributed by atoms with van der Waals surface area (Å²) in [4.78, 5) is 1.05. The molecule has 2 rings (SSSR count). The van der Waals surface area contributed by atoms with Crippen LogP contribution in [0.2, 0.25) is 5.02 Å². The van der Waals surface area contributed by atoms with Crippen molar-refractivity contribution in [1.29, 1.82) is 0 Å². The maximum absolute atomic E-state index is 5.99. The van der Waals surface area contributed by atoms with Gasteiger partial charge in [-0.15, -0.1) is 0 Å². The summed E-state index contributed by atoms with van der Waals surface area (Å²) < 4.78 is 0. The van der Waals surface area contributed by atoms with E-state index in [0.29, 0.717) is 0 Å². The minimum absolute atomic E-state index is 0.770. The highest BCUT2D eigenvalue weighted by molar-refractivity contribution is 7.80. The van der Waals surface area contributed by atoms with E-state index >= 15 is 0 Å². The van der Waals surface area contributed by atoms with Gasteiger partial charge >= 0.3 is 0 Å². The molecule has 19 heavy (non-hydrogen) atoms. The second-order valence-electron chi connectivity index (χ2n) is 4.95. The molecule has 2 aromatic rings. The monoisotopic (exact) mass is 288 g/mol. The van der Waals surface area contributed by atoms with Crippen molar-refractivity contribution in [2.24, 2.45) is 0 Å². The van der Waals surface area contributed by atoms with E-state index in [0.717, 1.165) is 22.7 Å². The average molecular weight is 289 g/mol. The SMILES string of the molecule is Cc1ccc(C)c(CC(=S)Cc2cccc(Cl)c2)c1. The number of benzene rings is 2. The van der Waals surface area contributed by atoms with Gasteiger partial charge in [-0.2, -0.15) is 0 Å². The molecule has 0 unspecified atom stereocenters. The van der Waals surface area contributed by atoms with E-state index in [2.05, 4.69) is 38.1 Å². The first-order valence-corrected chi connectivity index (χ1v) is 7.15. The van der Waals surface area contributed by atoms with Crippen LogP contribution >= 0.6 is 23.8 Å². The second kappa shape index (κ2) is 6.31. The van der Waals surface area contributed by atoms with E-state index in [1.807, 2.05) is 18.2 Å². The fraction of sp³-hybridized carbons (Fsp3) is 0.235. The maximum atomic E-state index is 5.99. The largest absolute Gasteiger partial charge is 0.0890 e. The summed E-state index contributed by atoms with van der Waals surface area (Å²) >= 11 is 11.5. The molecule has 0 fully saturated rings. The third-order valence-electron chi connectivity index (χ3n) is 3.18. The van der Waals surface area contributed by atoms with Crippen LogP contribution in [0, 0.1) is 13.8 Å². The molecule has 0 aliphatic rings. The van der Waals surface area contributed by atoms with Gasteiger partial charge in [-0.1, -0.05) is 59.7 Å². The fourth-order valence-corrected chi connectivity index (χ4v) is 2.68. The summed E-state index contributed by atoms with van der Waals surface area (Å²) in [5.41, 5.74) is 5.10. The van der Waals surface area contributed by atoms with Crippen molar-refractivity contribution < 1.29 is 0 Å². The number of thiocarbonyl (C=S) groups is 1. The Morgan fingerprint density at radius 1 is 1.05 bits per heavy atom. The first-order chi connectivity index (χ1) is 9.04. The van der Waals surface area contributed by atoms with Gasteiger partial charge in [-0.25, -0.2) is 0 Å². The van der Waals surface area contributed by atoms with Gasteiger partial charge in [0.05, 0.1) is 0 Å². The molecule has 0 spiro atoms. The topological polar surface area (TPSA) is 0 Å². The van der Waals surface area contributed by atoms with E-state index in [-0.39, 0.29) is 0 Å². The van der Waals surface area contributed by atoms with Gasteiger partial charge in [-0.3, -0.25) is 0 Å². The zero-order chi connectivity index (χ0) is 13.8. The Labute approximate surface area is 125 Å². The van der Waals surface area contributed by atoms with Crippen LogP contribution in [0.15, 0.2) is 42.5 Å². The number of aryl methyl sites for hydroxylation is 2. The number of rotatable bonds is 4. The van der Waals surface area contributed by atoms with E-state index < -0.39 is 0 Å². The molecule has 0 aliphatic carbocycles. The highest BCUT2D eigenvalue weighted by atomic mass is 35.5. The Bertz CT molecular complexity index is 602. The van der Waals surface area contributed by atoms with Crippen LogP contribution in [0.1, 0.15) is 22.3 Å². The van der Waals surface area contributed by atoms with Crippen molar-refractivity contribution in [2.45, 2.75) is 26.7 Å². The van der Waals surface area contributed by atoms with Gasteiger partial charge in [-0.05, 0) is 42.7 Å². The van der Waals surface area contributed by atoms with Crippen LogP contribution in [0.3, 0.4) is 0 Å². The van der Waals surface area contributed by atoms with Crippen molar-refractivity contribution in [3.05, 3.63) is 69.7 Å². The number of hydrogen-bond acceptors (Lipinski definition) is 1. The molecule has 98 valence electrons. The lowest BCUT2D eigenvalue weighted by atomic mass is 9.99. The molecule has 0 aromatic heterocycles. The predicted molar refractivity (Wildman–Crippen MR) is 87.4 cm³/mol. The normalized spacial score (nSPS) is 10.5. The molecule has 0 atom stereocenters. The smallest absolute Gasteiger partial charge is 0.0408 e. The summed E-state index contributed by atoms with van der Waals surface area (Å²) in [7, 11) is 0. The van der Waals surface area contributed by atoms with Crippen LogP contribution in [0.5, 0.6) is 0 Å². The average Bonchev–Trinajstić information content (AvgIpc) is 2.34. The molecule has 0 heterocycles. The highest BCUT2D eigenvalue weighted by Crippen LogP contribution is 2.15. The third-order valence-corrected chi connectivity index (χ3v) is 3.71. The zero-order valence-electron chi connectivity index (χ0n) is 11.2. The van der Waals surface area contributed by atoms with Crippen molar-refractivity contribution in [1.82, 2.24) is 0 Å². The Balaban J connectivity index is 2.07. The van der Waals surface area contributed by atoms with Crippen molar-refractivity contribution in [2.75, 3.05) is 0 Å². The molecule has 0 nitrogen and oxygen atoms in total. The third kappa shape index (κ3) is 4.15. The van der Waals surface area contributed by atoms with Crippen molar-refractivity contribution in [3.8, 4) is 0 Å². The summed E-state index contributed by atoms with van der Waals surface area (Å²) in [5, 5.41) is 0.770. The molecule has 0 saturated carbocycles. The van der Waals surface area contributed by atoms with Gasteiger partial charge in [0.1, 0.15) is 0 Å². The number of hydrogen-bond donors (Lipinski definition) is 0. The van der Waals surface area contributed by atoms with Crippen LogP contribution in [-0.2, 0) is 12.8 Å². The van der Waals surface area contributed by atoms with E-state index in [1.165, 1.54) is 22.3 Å². The Morgan fingerprint density at radius 2 is 1.84 bits per heavy atom. The molecule has 0 aliphatic heterocycles. The lowest BCUT2D eigenvalue weighted by Crippen LogP contribution is -2.05. The lowest BCUT2D eigenvalue weighted by molar-refractivity contribution is 1.20. The molecule has 0 N–H and O–H groups in total. The van der Waals surface area contributed by atoms with Gasteiger partial charge in [0, 0.05) is 22.7 Å². The van der Waals surface area contributed by atoms with Crippen LogP contribution in [0.4, 0.5) is 0 Å². The van der Waals surface area contributed by atoms with E-state index in [9.17, 15) is 0 Å². The Kier molecular flexibility index (Phi) is 4.73. The number of halogens is 1. The predicted octanol–water partition coefficient (Wildman–Crippen LogP) is 5.11. The summed E-state index contributed by atoms with van der Waals surface area (Å²) in [5.74, 6) is 0. The van der Waals surface area contributed by atoms with Gasteiger partial charge in [0.2, 0.25) is 0 Å². The van der Waals surface area contributed by atoms with Gasteiger partial charge in [0.15, 0.2) is 0 Å². The van der Waals surface area contributed by atoms with Crippen molar-refractivity contribution in [3.63, 3.8) is 0 Å². The first kappa shape index (κ1) is 14.2. The molecule has 2 aromatic carbocycles. The minimum Gasteiger partial charge on any atom is -0.0890 e. The second-order valence-corrected chi connectivity index (χ2v) is 5.97. The standard InChI is InChI=1S/C17H17ClS/c1-12-6-7-13(2)15(8-12)11-17(19)10-14-4-3-5-16(18)9-14/h3-9H,10-11H2,1-2H3. The zero-order valence-corrected chi connectivity index (χ0v) is 12.8. The van der Waals surface area contributed by atoms with E-state index in [4.69, 9.17) is 23.8 Å². The van der Waals surface area contributed by atoms with Gasteiger partial charge < -0.3 is 0 Å². The van der Waals surface area contributed by atoms with Crippen LogP contribution in [0.25, 0.3) is 0 Å². The molecule has 2 heteroatoms. The Morgan fingerprint density at radius 3 is 2.58 bits per heavy atom. The molecular formula is C17H17ClS. The first-order valence-electron chi connectivity index (χ1n) is 6.37. The molecule has 0 bridgehead atoms. The van der Waals surface area contributed by atoms with Gasteiger partial charge in [0.25, 0.3) is 0 Å². The molecule has 0 amide bonds. The molecular weight excluding hydrogens is 272 g/mol. The lowest BCUT2D eigenvalue weighted by Gasteiger charge is -2.09. The van der Waals surface area contributed by atoms with Crippen molar-refractivity contribution >= 4 is 28.7 Å². The summed E-state index contributed by atoms with van der Waals surface area (Å²) in [6.07, 6.45) is 1.67. The van der Waals surface area contributed by atoms with Crippen LogP contribution < -0.4 is 0 Å². The van der Waals surface area contributed by atoms with Crippen LogP contribution in [-0.4, -0.2) is 4.86 Å². The molecule has 0 radical (unpaired) electrons. The fourth-order valence-electron chi connectivity index (χ4n) is 2.14.